The van der Waals surface area contributed by atoms with Gasteiger partial charge < -0.3 is 5.32 Å². The summed E-state index contributed by atoms with van der Waals surface area (Å²) in [7, 11) is -4.08. The molecule has 0 saturated heterocycles. The van der Waals surface area contributed by atoms with Gasteiger partial charge in [-0.3, -0.25) is 4.79 Å². The largest absolute Gasteiger partial charge is 0.322 e. The summed E-state index contributed by atoms with van der Waals surface area (Å²) in [5, 5.41) is 2.46. The third-order valence-electron chi connectivity index (χ3n) is 3.04. The monoisotopic (exact) mass is 390 g/mol. The topological polar surface area (TPSA) is 75.3 Å². The van der Waals surface area contributed by atoms with Gasteiger partial charge in [-0.15, -0.1) is 0 Å². The lowest BCUT2D eigenvalue weighted by Gasteiger charge is -2.15. The molecule has 0 aliphatic rings. The molecule has 2 N–H and O–H groups in total. The number of benzene rings is 2. The molecule has 0 aliphatic heterocycles. The molecule has 5 nitrogen and oxygen atoms in total. The van der Waals surface area contributed by atoms with E-state index >= 15 is 0 Å². The average molecular weight is 391 g/mol. The van der Waals surface area contributed by atoms with Crippen molar-refractivity contribution in [1.82, 2.24) is 4.72 Å². The number of carbonyl (C=O) groups is 1. The fourth-order valence-electron chi connectivity index (χ4n) is 1.84. The molecule has 1 unspecified atom stereocenters. The lowest BCUT2D eigenvalue weighted by Crippen LogP contribution is -2.41. The van der Waals surface area contributed by atoms with Gasteiger partial charge in [0.25, 0.3) is 0 Å². The maximum atomic E-state index is 13.5. The first-order valence-electron chi connectivity index (χ1n) is 6.73. The first-order chi connectivity index (χ1) is 11.2. The molecule has 0 aromatic heterocycles. The van der Waals surface area contributed by atoms with Crippen LogP contribution < -0.4 is 10.0 Å². The smallest absolute Gasteiger partial charge is 0.242 e. The summed E-state index contributed by atoms with van der Waals surface area (Å²) in [5.41, 5.74) is -0.0469. The number of halogens is 3. The van der Waals surface area contributed by atoms with E-state index in [1.807, 2.05) is 0 Å². The van der Waals surface area contributed by atoms with Gasteiger partial charge in [0.15, 0.2) is 0 Å². The van der Waals surface area contributed by atoms with E-state index in [1.165, 1.54) is 43.3 Å². The van der Waals surface area contributed by atoms with E-state index < -0.39 is 27.8 Å². The summed E-state index contributed by atoms with van der Waals surface area (Å²) in [6.07, 6.45) is 0. The molecule has 0 aliphatic carbocycles. The number of anilines is 1. The molecule has 0 bridgehead atoms. The van der Waals surface area contributed by atoms with Crippen molar-refractivity contribution in [3.63, 3.8) is 0 Å². The van der Waals surface area contributed by atoms with Gasteiger partial charge in [0.1, 0.15) is 10.7 Å². The zero-order valence-electron chi connectivity index (χ0n) is 12.4. The maximum absolute atomic E-state index is 13.5. The van der Waals surface area contributed by atoms with Crippen LogP contribution in [0.3, 0.4) is 0 Å². The minimum absolute atomic E-state index is 0.0337. The fourth-order valence-corrected chi connectivity index (χ4v) is 3.80. The van der Waals surface area contributed by atoms with Gasteiger partial charge >= 0.3 is 0 Å². The van der Waals surface area contributed by atoms with Crippen molar-refractivity contribution >= 4 is 44.8 Å². The molecular formula is C15H13Cl2FN2O3S. The highest BCUT2D eigenvalue weighted by Gasteiger charge is 2.24. The highest BCUT2D eigenvalue weighted by Crippen LogP contribution is 2.25. The van der Waals surface area contributed by atoms with Crippen LogP contribution in [0.2, 0.25) is 10.0 Å². The van der Waals surface area contributed by atoms with E-state index in [9.17, 15) is 17.6 Å². The first-order valence-corrected chi connectivity index (χ1v) is 8.97. The Hall–Kier alpha value is -1.67. The van der Waals surface area contributed by atoms with Crippen molar-refractivity contribution in [3.8, 4) is 0 Å². The normalized spacial score (nSPS) is 12.7. The van der Waals surface area contributed by atoms with Crippen molar-refractivity contribution in [3.05, 3.63) is 58.3 Å². The number of sulfonamides is 1. The van der Waals surface area contributed by atoms with Gasteiger partial charge in [0.05, 0.1) is 16.8 Å². The highest BCUT2D eigenvalue weighted by atomic mass is 35.5. The Kier molecular flexibility index (Phi) is 5.82. The number of carbonyl (C=O) groups excluding carboxylic acids is 1. The van der Waals surface area contributed by atoms with Crippen LogP contribution >= 0.6 is 23.2 Å². The lowest BCUT2D eigenvalue weighted by molar-refractivity contribution is -0.117. The molecule has 1 amide bonds. The van der Waals surface area contributed by atoms with E-state index in [1.54, 1.807) is 6.07 Å². The Balaban J connectivity index is 2.16. The molecular weight excluding hydrogens is 378 g/mol. The molecule has 2 aromatic rings. The zero-order valence-corrected chi connectivity index (χ0v) is 14.7. The molecule has 0 spiro atoms. The molecule has 0 radical (unpaired) electrons. The van der Waals surface area contributed by atoms with Crippen molar-refractivity contribution in [1.29, 1.82) is 0 Å². The van der Waals surface area contributed by atoms with Crippen LogP contribution in [0.4, 0.5) is 10.1 Å². The summed E-state index contributed by atoms with van der Waals surface area (Å²) in [6, 6.07) is 8.34. The Bertz CT molecular complexity index is 875. The van der Waals surface area contributed by atoms with Crippen LogP contribution in [0.15, 0.2) is 47.4 Å². The van der Waals surface area contributed by atoms with Crippen LogP contribution in [0.25, 0.3) is 0 Å². The molecule has 128 valence electrons. The minimum atomic E-state index is -4.08. The van der Waals surface area contributed by atoms with E-state index in [0.717, 1.165) is 0 Å². The average Bonchev–Trinajstić information content (AvgIpc) is 2.51. The van der Waals surface area contributed by atoms with Crippen LogP contribution in [-0.2, 0) is 14.8 Å². The van der Waals surface area contributed by atoms with Gasteiger partial charge in [-0.2, -0.15) is 4.72 Å². The van der Waals surface area contributed by atoms with Gasteiger partial charge in [-0.25, -0.2) is 12.8 Å². The Morgan fingerprint density at radius 1 is 1.17 bits per heavy atom. The summed E-state index contributed by atoms with van der Waals surface area (Å²) < 4.78 is 40.4. The number of para-hydroxylation sites is 1. The second kappa shape index (κ2) is 7.48. The molecule has 2 aromatic carbocycles. The second-order valence-electron chi connectivity index (χ2n) is 4.89. The molecule has 0 fully saturated rings. The molecule has 2 rings (SSSR count). The van der Waals surface area contributed by atoms with Crippen molar-refractivity contribution < 1.29 is 17.6 Å². The van der Waals surface area contributed by atoms with Crippen molar-refractivity contribution in [2.75, 3.05) is 5.32 Å². The van der Waals surface area contributed by atoms with Gasteiger partial charge in [0, 0.05) is 5.02 Å². The van der Waals surface area contributed by atoms with Gasteiger partial charge in [0.2, 0.25) is 15.9 Å². The highest BCUT2D eigenvalue weighted by molar-refractivity contribution is 7.89. The molecule has 0 heterocycles. The maximum Gasteiger partial charge on any atom is 0.242 e. The van der Waals surface area contributed by atoms with Crippen molar-refractivity contribution in [2.45, 2.75) is 17.9 Å². The van der Waals surface area contributed by atoms with Crippen LogP contribution in [0, 0.1) is 5.82 Å². The fraction of sp³-hybridized carbons (Fsp3) is 0.133. The van der Waals surface area contributed by atoms with Gasteiger partial charge in [-0.1, -0.05) is 35.3 Å². The molecule has 9 heteroatoms. The Morgan fingerprint density at radius 2 is 1.83 bits per heavy atom. The number of hydrogen-bond donors (Lipinski definition) is 2. The molecule has 1 atom stereocenters. The zero-order chi connectivity index (χ0) is 17.9. The summed E-state index contributed by atoms with van der Waals surface area (Å²) in [6.45, 7) is 1.33. The van der Waals surface area contributed by atoms with E-state index in [-0.39, 0.29) is 20.6 Å². The number of rotatable bonds is 5. The molecule has 24 heavy (non-hydrogen) atoms. The van der Waals surface area contributed by atoms with E-state index in [0.29, 0.717) is 0 Å². The number of hydrogen-bond acceptors (Lipinski definition) is 3. The van der Waals surface area contributed by atoms with Crippen LogP contribution in [-0.4, -0.2) is 20.4 Å². The number of amides is 1. The Labute approximate surface area is 148 Å². The van der Waals surface area contributed by atoms with Crippen molar-refractivity contribution in [2.24, 2.45) is 0 Å². The van der Waals surface area contributed by atoms with E-state index in [2.05, 4.69) is 10.0 Å². The van der Waals surface area contributed by atoms with Gasteiger partial charge in [-0.05, 0) is 37.3 Å². The lowest BCUT2D eigenvalue weighted by atomic mass is 10.2. The second-order valence-corrected chi connectivity index (χ2v) is 7.41. The minimum Gasteiger partial charge on any atom is -0.322 e. The summed E-state index contributed by atoms with van der Waals surface area (Å²) in [4.78, 5) is 11.8. The SMILES string of the molecule is CC(NS(=O)(=O)c1cc(Cl)ccc1Cl)C(=O)Nc1ccccc1F. The third kappa shape index (κ3) is 4.45. The quantitative estimate of drug-likeness (QED) is 0.820. The van der Waals surface area contributed by atoms with Crippen LogP contribution in [0.1, 0.15) is 6.92 Å². The number of nitrogens with one attached hydrogen (secondary N) is 2. The predicted molar refractivity (Wildman–Crippen MR) is 91.3 cm³/mol. The molecule has 0 saturated carbocycles. The standard InChI is InChI=1S/C15H13Cl2FN2O3S/c1-9(15(21)19-13-5-3-2-4-12(13)18)20-24(22,23)14-8-10(16)6-7-11(14)17/h2-9,20H,1H3,(H,19,21). The third-order valence-corrected chi connectivity index (χ3v) is 5.30. The summed E-state index contributed by atoms with van der Waals surface area (Å²) in [5.74, 6) is -1.35. The van der Waals surface area contributed by atoms with Crippen LogP contribution in [0.5, 0.6) is 0 Å². The predicted octanol–water partition coefficient (Wildman–Crippen LogP) is 3.44. The van der Waals surface area contributed by atoms with E-state index in [4.69, 9.17) is 23.2 Å². The Morgan fingerprint density at radius 3 is 2.50 bits per heavy atom. The summed E-state index contributed by atoms with van der Waals surface area (Å²) >= 11 is 11.6. The first kappa shape index (κ1) is 18.7.